The minimum absolute atomic E-state index is 0.0644. The Kier molecular flexibility index (Phi) is 6.22. The van der Waals surface area contributed by atoms with E-state index in [9.17, 15) is 18.0 Å². The van der Waals surface area contributed by atoms with Gasteiger partial charge in [-0.1, -0.05) is 0 Å². The molecule has 0 aliphatic heterocycles. The van der Waals surface area contributed by atoms with Crippen LogP contribution in [0.25, 0.3) is 0 Å². The maximum absolute atomic E-state index is 11.5. The van der Waals surface area contributed by atoms with Gasteiger partial charge in [0, 0.05) is 19.5 Å². The first kappa shape index (κ1) is 13.2. The van der Waals surface area contributed by atoms with E-state index in [0.29, 0.717) is 0 Å². The van der Waals surface area contributed by atoms with Crippen LogP contribution in [0, 0.1) is 0 Å². The monoisotopic (exact) mass is 214 g/mol. The van der Waals surface area contributed by atoms with Gasteiger partial charge in [-0.05, 0) is 0 Å². The van der Waals surface area contributed by atoms with Crippen LogP contribution in [0.2, 0.25) is 0 Å². The topological polar surface area (TPSA) is 64.4 Å². The van der Waals surface area contributed by atoms with Crippen molar-refractivity contribution in [2.24, 2.45) is 5.73 Å². The van der Waals surface area contributed by atoms with Crippen LogP contribution in [0.3, 0.4) is 0 Å². The summed E-state index contributed by atoms with van der Waals surface area (Å²) in [6, 6.07) is 0. The Balaban J connectivity index is 3.26. The Bertz CT molecular complexity index is 173. The number of halogens is 3. The number of ether oxygens (including phenoxy) is 1. The van der Waals surface area contributed by atoms with E-state index >= 15 is 0 Å². The second kappa shape index (κ2) is 6.61. The molecule has 0 fully saturated rings. The van der Waals surface area contributed by atoms with E-state index in [1.807, 2.05) is 0 Å². The molecule has 14 heavy (non-hydrogen) atoms. The zero-order valence-electron chi connectivity index (χ0n) is 7.56. The molecule has 0 saturated heterocycles. The summed E-state index contributed by atoms with van der Waals surface area (Å²) in [6.07, 6.45) is -4.15. The van der Waals surface area contributed by atoms with E-state index in [0.717, 1.165) is 0 Å². The van der Waals surface area contributed by atoms with Crippen LogP contribution in [0.4, 0.5) is 13.2 Å². The summed E-state index contributed by atoms with van der Waals surface area (Å²) in [5.41, 5.74) is 5.08. The molecule has 0 unspecified atom stereocenters. The van der Waals surface area contributed by atoms with Crippen LogP contribution < -0.4 is 11.1 Å². The van der Waals surface area contributed by atoms with Crippen molar-refractivity contribution in [2.45, 2.75) is 12.6 Å². The maximum atomic E-state index is 11.5. The van der Waals surface area contributed by atoms with Crippen molar-refractivity contribution in [1.82, 2.24) is 5.32 Å². The highest BCUT2D eigenvalue weighted by Gasteiger charge is 2.27. The molecule has 0 spiro atoms. The average Bonchev–Trinajstić information content (AvgIpc) is 2.02. The molecule has 1 amide bonds. The number of hydrogen-bond donors (Lipinski definition) is 2. The molecule has 84 valence electrons. The fourth-order valence-corrected chi connectivity index (χ4v) is 0.670. The molecule has 0 aliphatic carbocycles. The molecule has 0 heterocycles. The number of alkyl halides is 3. The van der Waals surface area contributed by atoms with Gasteiger partial charge >= 0.3 is 6.18 Å². The molecular weight excluding hydrogens is 201 g/mol. The Morgan fingerprint density at radius 2 is 2.07 bits per heavy atom. The highest BCUT2D eigenvalue weighted by molar-refractivity contribution is 5.75. The highest BCUT2D eigenvalue weighted by Crippen LogP contribution is 2.13. The number of nitrogens with two attached hydrogens (primary N) is 1. The molecule has 0 radical (unpaired) electrons. The van der Waals surface area contributed by atoms with Gasteiger partial charge in [0.1, 0.15) is 6.61 Å². The molecule has 0 aliphatic rings. The zero-order chi connectivity index (χ0) is 11.0. The highest BCUT2D eigenvalue weighted by atomic mass is 19.4. The van der Waals surface area contributed by atoms with Crippen LogP contribution in [0.15, 0.2) is 0 Å². The molecule has 0 aromatic heterocycles. The molecule has 0 rings (SSSR count). The molecule has 0 atom stereocenters. The van der Waals surface area contributed by atoms with Crippen molar-refractivity contribution in [3.63, 3.8) is 0 Å². The first-order valence-corrected chi connectivity index (χ1v) is 4.07. The smallest absolute Gasteiger partial charge is 0.370 e. The summed E-state index contributed by atoms with van der Waals surface area (Å²) in [4.78, 5) is 10.7. The lowest BCUT2D eigenvalue weighted by Gasteiger charge is -2.08. The maximum Gasteiger partial charge on any atom is 0.411 e. The molecule has 0 aromatic carbocycles. The molecule has 4 nitrogen and oxygen atoms in total. The first-order valence-electron chi connectivity index (χ1n) is 4.07. The number of rotatable bonds is 6. The van der Waals surface area contributed by atoms with E-state index < -0.39 is 12.8 Å². The quantitative estimate of drug-likeness (QED) is 0.613. The van der Waals surface area contributed by atoms with Crippen molar-refractivity contribution in [2.75, 3.05) is 26.3 Å². The third kappa shape index (κ3) is 9.27. The average molecular weight is 214 g/mol. The minimum Gasteiger partial charge on any atom is -0.370 e. The normalized spacial score (nSPS) is 11.4. The first-order chi connectivity index (χ1) is 6.45. The molecule has 0 aromatic rings. The Morgan fingerprint density at radius 3 is 2.57 bits per heavy atom. The molecule has 0 saturated carbocycles. The van der Waals surface area contributed by atoms with E-state index in [1.165, 1.54) is 0 Å². The van der Waals surface area contributed by atoms with Crippen LogP contribution in [0.1, 0.15) is 6.42 Å². The van der Waals surface area contributed by atoms with E-state index in [4.69, 9.17) is 5.73 Å². The predicted molar refractivity (Wildman–Crippen MR) is 43.6 cm³/mol. The SMILES string of the molecule is NCCC(=O)NCCOCC(F)(F)F. The molecule has 3 N–H and O–H groups in total. The number of hydrogen-bond acceptors (Lipinski definition) is 3. The summed E-state index contributed by atoms with van der Waals surface area (Å²) in [5.74, 6) is -0.289. The fourth-order valence-electron chi connectivity index (χ4n) is 0.670. The Hall–Kier alpha value is -0.820. The fraction of sp³-hybridized carbons (Fsp3) is 0.857. The summed E-state index contributed by atoms with van der Waals surface area (Å²) in [6.45, 7) is -1.17. The molecular formula is C7H13F3N2O2. The van der Waals surface area contributed by atoms with Gasteiger partial charge in [-0.25, -0.2) is 0 Å². The van der Waals surface area contributed by atoms with Gasteiger partial charge in [0.05, 0.1) is 6.61 Å². The number of nitrogens with one attached hydrogen (secondary N) is 1. The third-order valence-corrected chi connectivity index (χ3v) is 1.21. The van der Waals surface area contributed by atoms with Gasteiger partial charge in [-0.2, -0.15) is 13.2 Å². The second-order valence-electron chi connectivity index (χ2n) is 2.56. The summed E-state index contributed by atoms with van der Waals surface area (Å²) in [7, 11) is 0. The van der Waals surface area contributed by atoms with Crippen molar-refractivity contribution >= 4 is 5.91 Å². The van der Waals surface area contributed by atoms with Crippen LogP contribution in [-0.2, 0) is 9.53 Å². The van der Waals surface area contributed by atoms with Gasteiger partial charge in [0.15, 0.2) is 0 Å². The summed E-state index contributed by atoms with van der Waals surface area (Å²) < 4.78 is 38.9. The molecule has 7 heteroatoms. The summed E-state index contributed by atoms with van der Waals surface area (Å²) >= 11 is 0. The van der Waals surface area contributed by atoms with E-state index in [2.05, 4.69) is 10.1 Å². The van der Waals surface area contributed by atoms with Gasteiger partial charge in [0.2, 0.25) is 5.91 Å². The minimum atomic E-state index is -4.32. The molecule has 0 bridgehead atoms. The van der Waals surface area contributed by atoms with Crippen molar-refractivity contribution < 1.29 is 22.7 Å². The standard InChI is InChI=1S/C7H13F3N2O2/c8-7(9,10)5-14-4-3-12-6(13)1-2-11/h1-5,11H2,(H,12,13). The van der Waals surface area contributed by atoms with Gasteiger partial charge in [0.25, 0.3) is 0 Å². The predicted octanol–water partition coefficient (Wildman–Crippen LogP) is 0.0303. The number of carbonyl (C=O) groups excluding carboxylic acids is 1. The lowest BCUT2D eigenvalue weighted by atomic mass is 10.4. The van der Waals surface area contributed by atoms with Crippen LogP contribution in [-0.4, -0.2) is 38.4 Å². The Morgan fingerprint density at radius 1 is 1.43 bits per heavy atom. The van der Waals surface area contributed by atoms with E-state index in [1.54, 1.807) is 0 Å². The largest absolute Gasteiger partial charge is 0.411 e. The third-order valence-electron chi connectivity index (χ3n) is 1.21. The van der Waals surface area contributed by atoms with Crippen molar-refractivity contribution in [3.8, 4) is 0 Å². The lowest BCUT2D eigenvalue weighted by molar-refractivity contribution is -0.173. The number of amides is 1. The summed E-state index contributed by atoms with van der Waals surface area (Å²) in [5, 5.41) is 2.36. The Labute approximate surface area is 79.6 Å². The van der Waals surface area contributed by atoms with Crippen LogP contribution >= 0.6 is 0 Å². The lowest BCUT2D eigenvalue weighted by Crippen LogP contribution is -2.30. The van der Waals surface area contributed by atoms with Gasteiger partial charge < -0.3 is 15.8 Å². The van der Waals surface area contributed by atoms with E-state index in [-0.39, 0.29) is 32.0 Å². The van der Waals surface area contributed by atoms with Gasteiger partial charge in [-0.3, -0.25) is 4.79 Å². The second-order valence-corrected chi connectivity index (χ2v) is 2.56. The zero-order valence-corrected chi connectivity index (χ0v) is 7.56. The van der Waals surface area contributed by atoms with Crippen molar-refractivity contribution in [3.05, 3.63) is 0 Å². The van der Waals surface area contributed by atoms with Crippen LogP contribution in [0.5, 0.6) is 0 Å². The van der Waals surface area contributed by atoms with Gasteiger partial charge in [-0.15, -0.1) is 0 Å². The van der Waals surface area contributed by atoms with Crippen molar-refractivity contribution in [1.29, 1.82) is 0 Å². The number of carbonyl (C=O) groups is 1.